The number of nitrogens with zero attached hydrogens (tertiary/aromatic N) is 1. The molecule has 0 aliphatic heterocycles. The van der Waals surface area contributed by atoms with Crippen LogP contribution in [0.4, 0.5) is 5.69 Å². The fourth-order valence-corrected chi connectivity index (χ4v) is 4.26. The van der Waals surface area contributed by atoms with E-state index >= 15 is 0 Å². The second-order valence-electron chi connectivity index (χ2n) is 6.13. The Bertz CT molecular complexity index is 922. The highest BCUT2D eigenvalue weighted by atomic mass is 35.5. The third kappa shape index (κ3) is 4.50. The molecule has 0 bridgehead atoms. The van der Waals surface area contributed by atoms with E-state index in [0.717, 1.165) is 25.7 Å². The summed E-state index contributed by atoms with van der Waals surface area (Å²) in [5.74, 6) is -0.268. The van der Waals surface area contributed by atoms with Gasteiger partial charge >= 0.3 is 0 Å². The normalized spacial score (nSPS) is 16.0. The molecular weight excluding hydrogens is 395 g/mol. The summed E-state index contributed by atoms with van der Waals surface area (Å²) in [4.78, 5) is 4.21. The molecule has 1 saturated carbocycles. The fourth-order valence-electron chi connectivity index (χ4n) is 2.81. The molecule has 0 amide bonds. The van der Waals surface area contributed by atoms with Gasteiger partial charge in [-0.2, -0.15) is 0 Å². The molecule has 138 valence electrons. The van der Waals surface area contributed by atoms with Gasteiger partial charge in [0.25, 0.3) is 10.0 Å². The van der Waals surface area contributed by atoms with Gasteiger partial charge in [-0.25, -0.2) is 8.42 Å². The van der Waals surface area contributed by atoms with Gasteiger partial charge in [0.05, 0.1) is 14.9 Å². The van der Waals surface area contributed by atoms with Crippen LogP contribution in [-0.2, 0) is 10.0 Å². The van der Waals surface area contributed by atoms with E-state index in [4.69, 9.17) is 23.2 Å². The van der Waals surface area contributed by atoms with Gasteiger partial charge in [0, 0.05) is 11.7 Å². The van der Waals surface area contributed by atoms with Crippen molar-refractivity contribution in [2.24, 2.45) is 4.99 Å². The zero-order valence-electron chi connectivity index (χ0n) is 13.8. The second-order valence-corrected chi connectivity index (χ2v) is 8.63. The summed E-state index contributed by atoms with van der Waals surface area (Å²) >= 11 is 11.7. The standard InChI is InChI=1S/C18H18Cl2N2O3S/c19-16-10-9-15(11-17(16)20)26(24,25)22-14-7-5-12(6-8-14)18(23)21-13-3-1-2-4-13/h5-11,13,22H,1-4H2,(H,21,23)/p-1. The Morgan fingerprint density at radius 1 is 1.04 bits per heavy atom. The quantitative estimate of drug-likeness (QED) is 0.599. The highest BCUT2D eigenvalue weighted by Crippen LogP contribution is 2.26. The van der Waals surface area contributed by atoms with E-state index in [0.29, 0.717) is 11.3 Å². The van der Waals surface area contributed by atoms with Crippen molar-refractivity contribution < 1.29 is 13.5 Å². The molecule has 1 aliphatic carbocycles. The number of hydrogen-bond acceptors (Lipinski definition) is 4. The van der Waals surface area contributed by atoms with Crippen LogP contribution in [0, 0.1) is 0 Å². The molecular formula is C18H17Cl2N2O3S-. The third-order valence-corrected chi connectivity index (χ3v) is 6.33. The molecule has 0 aromatic heterocycles. The van der Waals surface area contributed by atoms with Gasteiger partial charge in [0.2, 0.25) is 0 Å². The predicted octanol–water partition coefficient (Wildman–Crippen LogP) is 3.84. The summed E-state index contributed by atoms with van der Waals surface area (Å²) in [5.41, 5.74) is 0.780. The highest BCUT2D eigenvalue weighted by Gasteiger charge is 2.16. The molecule has 2 aromatic rings. The molecule has 8 heteroatoms. The summed E-state index contributed by atoms with van der Waals surface area (Å²) in [6, 6.07) is 10.4. The predicted molar refractivity (Wildman–Crippen MR) is 103 cm³/mol. The van der Waals surface area contributed by atoms with E-state index in [1.165, 1.54) is 30.3 Å². The molecule has 0 atom stereocenters. The van der Waals surface area contributed by atoms with E-state index in [9.17, 15) is 13.5 Å². The Hall–Kier alpha value is -1.76. The first-order valence-corrected chi connectivity index (χ1v) is 10.4. The minimum absolute atomic E-state index is 0.00304. The van der Waals surface area contributed by atoms with Crippen LogP contribution in [0.1, 0.15) is 31.2 Å². The minimum Gasteiger partial charge on any atom is -0.858 e. The number of hydrogen-bond donors (Lipinski definition) is 1. The lowest BCUT2D eigenvalue weighted by Gasteiger charge is -2.15. The second kappa shape index (κ2) is 7.86. The number of anilines is 1. The van der Waals surface area contributed by atoms with Gasteiger partial charge in [-0.1, -0.05) is 48.2 Å². The van der Waals surface area contributed by atoms with Crippen molar-refractivity contribution in [3.8, 4) is 0 Å². The van der Waals surface area contributed by atoms with Crippen molar-refractivity contribution in [1.82, 2.24) is 0 Å². The fraction of sp³-hybridized carbons (Fsp3) is 0.278. The lowest BCUT2D eigenvalue weighted by molar-refractivity contribution is -0.213. The van der Waals surface area contributed by atoms with Crippen LogP contribution in [-0.4, -0.2) is 20.4 Å². The van der Waals surface area contributed by atoms with Gasteiger partial charge in [0.15, 0.2) is 0 Å². The molecule has 1 aliphatic rings. The maximum Gasteiger partial charge on any atom is 0.261 e. The molecule has 26 heavy (non-hydrogen) atoms. The van der Waals surface area contributed by atoms with Crippen LogP contribution in [0.3, 0.4) is 0 Å². The van der Waals surface area contributed by atoms with Gasteiger partial charge in [-0.15, -0.1) is 0 Å². The Labute approximate surface area is 162 Å². The van der Waals surface area contributed by atoms with Crippen LogP contribution in [0.2, 0.25) is 10.0 Å². The molecule has 3 rings (SSSR count). The van der Waals surface area contributed by atoms with E-state index in [1.807, 2.05) is 0 Å². The summed E-state index contributed by atoms with van der Waals surface area (Å²) in [7, 11) is -3.81. The smallest absolute Gasteiger partial charge is 0.261 e. The number of halogens is 2. The van der Waals surface area contributed by atoms with E-state index in [1.54, 1.807) is 12.1 Å². The van der Waals surface area contributed by atoms with Crippen molar-refractivity contribution in [3.63, 3.8) is 0 Å². The van der Waals surface area contributed by atoms with Crippen molar-refractivity contribution in [3.05, 3.63) is 58.1 Å². The van der Waals surface area contributed by atoms with Crippen molar-refractivity contribution >= 4 is 44.8 Å². The third-order valence-electron chi connectivity index (χ3n) is 4.21. The van der Waals surface area contributed by atoms with Crippen LogP contribution in [0.15, 0.2) is 52.4 Å². The Morgan fingerprint density at radius 2 is 1.69 bits per heavy atom. The molecule has 0 heterocycles. The summed E-state index contributed by atoms with van der Waals surface area (Å²) in [6.45, 7) is 0. The minimum atomic E-state index is -3.81. The van der Waals surface area contributed by atoms with Gasteiger partial charge < -0.3 is 5.11 Å². The number of aliphatic imine (C=N–C) groups is 1. The number of sulfonamides is 1. The largest absolute Gasteiger partial charge is 0.858 e. The molecule has 0 radical (unpaired) electrons. The van der Waals surface area contributed by atoms with E-state index < -0.39 is 10.0 Å². The summed E-state index contributed by atoms with van der Waals surface area (Å²) < 4.78 is 27.3. The Balaban J connectivity index is 1.75. The average Bonchev–Trinajstić information content (AvgIpc) is 3.10. The van der Waals surface area contributed by atoms with Gasteiger partial charge in [-0.05, 0) is 54.6 Å². The van der Waals surface area contributed by atoms with Crippen molar-refractivity contribution in [1.29, 1.82) is 0 Å². The average molecular weight is 412 g/mol. The molecule has 0 unspecified atom stereocenters. The molecule has 2 aromatic carbocycles. The first kappa shape index (κ1) is 19.0. The lowest BCUT2D eigenvalue weighted by atomic mass is 10.2. The molecule has 1 N–H and O–H groups in total. The van der Waals surface area contributed by atoms with Crippen LogP contribution >= 0.6 is 23.2 Å². The zero-order valence-corrected chi connectivity index (χ0v) is 16.1. The van der Waals surface area contributed by atoms with Gasteiger partial charge in [-0.3, -0.25) is 9.71 Å². The van der Waals surface area contributed by atoms with E-state index in [2.05, 4.69) is 9.71 Å². The number of benzene rings is 2. The Morgan fingerprint density at radius 3 is 2.31 bits per heavy atom. The Kier molecular flexibility index (Phi) is 5.75. The topological polar surface area (TPSA) is 81.6 Å². The van der Waals surface area contributed by atoms with Crippen LogP contribution in [0.5, 0.6) is 0 Å². The first-order valence-electron chi connectivity index (χ1n) is 8.18. The first-order chi connectivity index (χ1) is 12.3. The molecule has 1 fully saturated rings. The van der Waals surface area contributed by atoms with Crippen molar-refractivity contribution in [2.75, 3.05) is 4.72 Å². The molecule has 0 spiro atoms. The van der Waals surface area contributed by atoms with Gasteiger partial charge in [0.1, 0.15) is 0 Å². The monoisotopic (exact) mass is 411 g/mol. The van der Waals surface area contributed by atoms with Crippen LogP contribution < -0.4 is 9.83 Å². The maximum atomic E-state index is 12.4. The molecule has 5 nitrogen and oxygen atoms in total. The maximum absolute atomic E-state index is 12.4. The number of nitrogens with one attached hydrogen (secondary N) is 1. The zero-order chi connectivity index (χ0) is 18.7. The number of rotatable bonds is 5. The molecule has 0 saturated heterocycles. The SMILES string of the molecule is O=S(=O)(Nc1ccc(C([O-])=NC2CCCC2)cc1)c1ccc(Cl)c(Cl)c1. The lowest BCUT2D eigenvalue weighted by Crippen LogP contribution is -2.21. The van der Waals surface area contributed by atoms with E-state index in [-0.39, 0.29) is 26.9 Å². The van der Waals surface area contributed by atoms with Crippen molar-refractivity contribution in [2.45, 2.75) is 36.6 Å². The summed E-state index contributed by atoms with van der Waals surface area (Å²) in [6.07, 6.45) is 4.12. The summed E-state index contributed by atoms with van der Waals surface area (Å²) in [5, 5.41) is 12.6. The highest BCUT2D eigenvalue weighted by molar-refractivity contribution is 7.92. The van der Waals surface area contributed by atoms with Crippen LogP contribution in [0.25, 0.3) is 0 Å².